The molecule has 4 rings (SSSR count). The van der Waals surface area contributed by atoms with Crippen LogP contribution in [-0.4, -0.2) is 70.9 Å². The van der Waals surface area contributed by atoms with Crippen LogP contribution in [0.3, 0.4) is 0 Å². The van der Waals surface area contributed by atoms with Crippen molar-refractivity contribution in [2.75, 3.05) is 44.7 Å². The number of halogens is 1. The molecule has 2 saturated heterocycles. The van der Waals surface area contributed by atoms with Crippen molar-refractivity contribution in [3.63, 3.8) is 0 Å². The predicted octanol–water partition coefficient (Wildman–Crippen LogP) is 4.53. The Labute approximate surface area is 203 Å². The molecule has 10 heteroatoms. The molecule has 1 N–H and O–H groups in total. The maximum Gasteiger partial charge on any atom is 0.320 e. The first-order valence-corrected chi connectivity index (χ1v) is 12.7. The number of carbonyl (C=O) groups excluding carboxylic acids is 2. The third kappa shape index (κ3) is 5.70. The number of anilines is 1. The molecule has 2 fully saturated rings. The lowest BCUT2D eigenvalue weighted by Crippen LogP contribution is -2.50. The molecule has 0 spiro atoms. The number of hydrogen-bond donors (Lipinski definition) is 1. The van der Waals surface area contributed by atoms with Crippen molar-refractivity contribution in [3.8, 4) is 0 Å². The molecule has 0 unspecified atom stereocenters. The molecule has 4 heterocycles. The highest BCUT2D eigenvalue weighted by atomic mass is 35.5. The van der Waals surface area contributed by atoms with Gasteiger partial charge in [-0.25, -0.2) is 4.79 Å². The smallest absolute Gasteiger partial charge is 0.320 e. The number of nitrogens with zero attached hydrogens (tertiary/aromatic N) is 4. The van der Waals surface area contributed by atoms with Crippen LogP contribution in [0.25, 0.3) is 0 Å². The highest BCUT2D eigenvalue weighted by molar-refractivity contribution is 7.16. The molecule has 0 atom stereocenters. The van der Waals surface area contributed by atoms with Gasteiger partial charge in [0.05, 0.1) is 29.8 Å². The molecule has 0 aliphatic carbocycles. The molecule has 180 valence electrons. The Morgan fingerprint density at radius 1 is 1.15 bits per heavy atom. The predicted molar refractivity (Wildman–Crippen MR) is 130 cm³/mol. The number of rotatable bonds is 4. The van der Waals surface area contributed by atoms with E-state index in [1.807, 2.05) is 48.8 Å². The molecule has 33 heavy (non-hydrogen) atoms. The fraction of sp³-hybridized carbons (Fsp3) is 0.609. The minimum absolute atomic E-state index is 0.0552. The van der Waals surface area contributed by atoms with E-state index in [-0.39, 0.29) is 17.9 Å². The van der Waals surface area contributed by atoms with Crippen molar-refractivity contribution < 1.29 is 14.3 Å². The van der Waals surface area contributed by atoms with Crippen LogP contribution in [0.4, 0.5) is 10.6 Å². The first-order chi connectivity index (χ1) is 15.7. The van der Waals surface area contributed by atoms with Crippen molar-refractivity contribution in [1.29, 1.82) is 0 Å². The van der Waals surface area contributed by atoms with Crippen molar-refractivity contribution in [2.24, 2.45) is 5.41 Å². The molecule has 2 aromatic heterocycles. The molecule has 2 aromatic rings. The highest BCUT2D eigenvalue weighted by Gasteiger charge is 2.31. The van der Waals surface area contributed by atoms with E-state index in [4.69, 9.17) is 21.4 Å². The van der Waals surface area contributed by atoms with Gasteiger partial charge in [0.1, 0.15) is 5.82 Å². The quantitative estimate of drug-likeness (QED) is 0.677. The second-order valence-corrected chi connectivity index (χ2v) is 11.4. The number of aromatic nitrogens is 2. The number of carbonyl (C=O) groups is 2. The summed E-state index contributed by atoms with van der Waals surface area (Å²) in [4.78, 5) is 30.8. The second-order valence-electron chi connectivity index (χ2n) is 9.62. The first-order valence-electron chi connectivity index (χ1n) is 11.5. The third-order valence-corrected chi connectivity index (χ3v) is 7.33. The van der Waals surface area contributed by atoms with Gasteiger partial charge in [-0.05, 0) is 25.0 Å². The lowest BCUT2D eigenvalue weighted by atomic mass is 9.94. The van der Waals surface area contributed by atoms with Crippen LogP contribution in [0.1, 0.15) is 54.9 Å². The fourth-order valence-corrected chi connectivity index (χ4v) is 5.17. The van der Waals surface area contributed by atoms with Gasteiger partial charge in [0.25, 0.3) is 5.91 Å². The van der Waals surface area contributed by atoms with E-state index in [1.165, 1.54) is 16.0 Å². The zero-order chi connectivity index (χ0) is 23.6. The first kappa shape index (κ1) is 24.0. The Bertz CT molecular complexity index is 985. The van der Waals surface area contributed by atoms with E-state index >= 15 is 0 Å². The molecule has 0 bridgehead atoms. The number of amides is 2. The van der Waals surface area contributed by atoms with Crippen LogP contribution >= 0.6 is 22.9 Å². The maximum atomic E-state index is 13.1. The SMILES string of the molecule is CC(C)(C)C(=O)n1nc(C2CCN(C(=O)N3CCOCC3)CC2)cc1NCc1ccc(Cl)s1. The average Bonchev–Trinajstić information content (AvgIpc) is 3.42. The summed E-state index contributed by atoms with van der Waals surface area (Å²) < 4.78 is 7.61. The second kappa shape index (κ2) is 10.0. The number of urea groups is 1. The lowest BCUT2D eigenvalue weighted by molar-refractivity contribution is 0.0411. The standard InChI is InChI=1S/C23H32ClN5O3S/c1-23(2,3)21(30)29-20(25-15-17-4-5-19(24)33-17)14-18(26-29)16-6-8-27(9-7-16)22(31)28-10-12-32-13-11-28/h4-5,14,16,25H,6-13,15H2,1-3H3. The highest BCUT2D eigenvalue weighted by Crippen LogP contribution is 2.31. The van der Waals surface area contributed by atoms with Crippen LogP contribution in [0, 0.1) is 5.41 Å². The van der Waals surface area contributed by atoms with Gasteiger partial charge < -0.3 is 19.9 Å². The summed E-state index contributed by atoms with van der Waals surface area (Å²) in [6.07, 6.45) is 1.66. The van der Waals surface area contributed by atoms with Gasteiger partial charge in [0.15, 0.2) is 0 Å². The summed E-state index contributed by atoms with van der Waals surface area (Å²) >= 11 is 7.57. The van der Waals surface area contributed by atoms with E-state index < -0.39 is 5.41 Å². The molecule has 2 amide bonds. The zero-order valence-electron chi connectivity index (χ0n) is 19.5. The number of thiophene rings is 1. The Morgan fingerprint density at radius 2 is 1.82 bits per heavy atom. The summed E-state index contributed by atoms with van der Waals surface area (Å²) in [6, 6.07) is 5.94. The molecule has 2 aliphatic rings. The van der Waals surface area contributed by atoms with Crippen LogP contribution in [0.15, 0.2) is 18.2 Å². The Balaban J connectivity index is 1.45. The number of hydrogen-bond acceptors (Lipinski definition) is 6. The van der Waals surface area contributed by atoms with Gasteiger partial charge in [-0.1, -0.05) is 32.4 Å². The molecule has 0 aromatic carbocycles. The van der Waals surface area contributed by atoms with Crippen LogP contribution < -0.4 is 5.32 Å². The molecule has 0 saturated carbocycles. The summed E-state index contributed by atoms with van der Waals surface area (Å²) in [5, 5.41) is 8.10. The van der Waals surface area contributed by atoms with Gasteiger partial charge in [0.2, 0.25) is 0 Å². The fourth-order valence-electron chi connectivity index (χ4n) is 4.14. The van der Waals surface area contributed by atoms with Crippen LogP contribution in [0.2, 0.25) is 4.34 Å². The summed E-state index contributed by atoms with van der Waals surface area (Å²) in [5.41, 5.74) is 0.345. The van der Waals surface area contributed by atoms with E-state index in [0.717, 1.165) is 27.7 Å². The number of piperidine rings is 1. The van der Waals surface area contributed by atoms with Crippen LogP contribution in [-0.2, 0) is 11.3 Å². The Morgan fingerprint density at radius 3 is 2.42 bits per heavy atom. The van der Waals surface area contributed by atoms with Gasteiger partial charge in [-0.15, -0.1) is 11.3 Å². The largest absolute Gasteiger partial charge is 0.378 e. The Hall–Kier alpha value is -2.10. The van der Waals surface area contributed by atoms with Gasteiger partial charge in [0, 0.05) is 48.5 Å². The van der Waals surface area contributed by atoms with E-state index in [9.17, 15) is 9.59 Å². The summed E-state index contributed by atoms with van der Waals surface area (Å²) in [6.45, 7) is 10.2. The van der Waals surface area contributed by atoms with Crippen molar-refractivity contribution in [1.82, 2.24) is 19.6 Å². The van der Waals surface area contributed by atoms with Crippen molar-refractivity contribution in [2.45, 2.75) is 46.1 Å². The lowest BCUT2D eigenvalue weighted by Gasteiger charge is -2.36. The van der Waals surface area contributed by atoms with Crippen molar-refractivity contribution >= 4 is 40.7 Å². The third-order valence-electron chi connectivity index (χ3n) is 6.10. The zero-order valence-corrected chi connectivity index (χ0v) is 21.0. The molecule has 0 radical (unpaired) electrons. The number of likely N-dealkylation sites (tertiary alicyclic amines) is 1. The van der Waals surface area contributed by atoms with E-state index in [1.54, 1.807) is 0 Å². The summed E-state index contributed by atoms with van der Waals surface area (Å²) in [5.74, 6) is 0.853. The van der Waals surface area contributed by atoms with E-state index in [2.05, 4.69) is 5.32 Å². The van der Waals surface area contributed by atoms with E-state index in [0.29, 0.717) is 51.8 Å². The molecule has 8 nitrogen and oxygen atoms in total. The number of ether oxygens (including phenoxy) is 1. The Kier molecular flexibility index (Phi) is 7.31. The average molecular weight is 494 g/mol. The van der Waals surface area contributed by atoms with Crippen LogP contribution in [0.5, 0.6) is 0 Å². The normalized spacial score (nSPS) is 17.9. The van der Waals surface area contributed by atoms with Crippen molar-refractivity contribution in [3.05, 3.63) is 33.1 Å². The summed E-state index contributed by atoms with van der Waals surface area (Å²) in [7, 11) is 0. The minimum Gasteiger partial charge on any atom is -0.378 e. The van der Waals surface area contributed by atoms with Gasteiger partial charge >= 0.3 is 6.03 Å². The molecular weight excluding hydrogens is 462 g/mol. The maximum absolute atomic E-state index is 13.1. The topological polar surface area (TPSA) is 79.7 Å². The minimum atomic E-state index is -0.556. The molecule has 2 aliphatic heterocycles. The number of nitrogens with one attached hydrogen (secondary N) is 1. The molecular formula is C23H32ClN5O3S. The number of morpholine rings is 1. The monoisotopic (exact) mass is 493 g/mol. The van der Waals surface area contributed by atoms with Gasteiger partial charge in [-0.3, -0.25) is 4.79 Å². The van der Waals surface area contributed by atoms with Gasteiger partial charge in [-0.2, -0.15) is 9.78 Å².